The third-order valence-electron chi connectivity index (χ3n) is 2.48. The Balaban J connectivity index is 2.03. The van der Waals surface area contributed by atoms with Crippen molar-refractivity contribution in [1.82, 2.24) is 9.88 Å². The molecule has 0 aliphatic carbocycles. The third kappa shape index (κ3) is 1.98. The molecule has 13 heavy (non-hydrogen) atoms. The third-order valence-corrected chi connectivity index (χ3v) is 2.48. The summed E-state index contributed by atoms with van der Waals surface area (Å²) in [5, 5.41) is 0. The molecule has 3 heteroatoms. The van der Waals surface area contributed by atoms with Crippen molar-refractivity contribution in [3.05, 3.63) is 24.4 Å². The highest BCUT2D eigenvalue weighted by Crippen LogP contribution is 2.11. The minimum atomic E-state index is 1.09. The van der Waals surface area contributed by atoms with Gasteiger partial charge in [-0.15, -0.1) is 0 Å². The van der Waals surface area contributed by atoms with Gasteiger partial charge < -0.3 is 9.80 Å². The van der Waals surface area contributed by atoms with E-state index in [0.29, 0.717) is 0 Å². The summed E-state index contributed by atoms with van der Waals surface area (Å²) in [6.07, 6.45) is 1.85. The van der Waals surface area contributed by atoms with E-state index in [-0.39, 0.29) is 0 Å². The second-order valence-corrected chi connectivity index (χ2v) is 3.48. The molecule has 2 heterocycles. The normalized spacial score (nSPS) is 19.0. The van der Waals surface area contributed by atoms with Gasteiger partial charge in [0.25, 0.3) is 0 Å². The molecule has 0 bridgehead atoms. The zero-order chi connectivity index (χ0) is 9.10. The molecule has 1 aromatic rings. The number of aromatic nitrogens is 1. The van der Waals surface area contributed by atoms with Crippen molar-refractivity contribution in [3.8, 4) is 0 Å². The zero-order valence-electron chi connectivity index (χ0n) is 7.98. The highest BCUT2D eigenvalue weighted by atomic mass is 15.3. The van der Waals surface area contributed by atoms with Crippen molar-refractivity contribution in [2.45, 2.75) is 0 Å². The van der Waals surface area contributed by atoms with E-state index in [1.165, 1.54) is 0 Å². The molecule has 1 aliphatic heterocycles. The minimum absolute atomic E-state index is 1.09. The number of piperazine rings is 1. The molecule has 0 N–H and O–H groups in total. The second-order valence-electron chi connectivity index (χ2n) is 3.48. The van der Waals surface area contributed by atoms with Crippen LogP contribution in [0.5, 0.6) is 0 Å². The van der Waals surface area contributed by atoms with E-state index >= 15 is 0 Å². The van der Waals surface area contributed by atoms with E-state index < -0.39 is 0 Å². The first-order valence-corrected chi connectivity index (χ1v) is 4.71. The van der Waals surface area contributed by atoms with Crippen molar-refractivity contribution >= 4 is 5.82 Å². The van der Waals surface area contributed by atoms with Crippen molar-refractivity contribution in [3.63, 3.8) is 0 Å². The van der Waals surface area contributed by atoms with Crippen LogP contribution < -0.4 is 4.90 Å². The zero-order valence-corrected chi connectivity index (χ0v) is 7.98. The van der Waals surface area contributed by atoms with Gasteiger partial charge in [-0.1, -0.05) is 6.07 Å². The maximum atomic E-state index is 4.33. The Morgan fingerprint density at radius 2 is 1.92 bits per heavy atom. The van der Waals surface area contributed by atoms with Crippen LogP contribution in [0.15, 0.2) is 24.4 Å². The largest absolute Gasteiger partial charge is 0.354 e. The van der Waals surface area contributed by atoms with Gasteiger partial charge in [-0.05, 0) is 19.2 Å². The summed E-state index contributed by atoms with van der Waals surface area (Å²) in [6, 6.07) is 6.07. The summed E-state index contributed by atoms with van der Waals surface area (Å²) in [6.45, 7) is 4.45. The molecule has 0 aromatic carbocycles. The second kappa shape index (κ2) is 3.75. The molecular formula is C10H15N3. The summed E-state index contributed by atoms with van der Waals surface area (Å²) in [5.74, 6) is 1.11. The predicted octanol–water partition coefficient (Wildman–Crippen LogP) is 0.833. The smallest absolute Gasteiger partial charge is 0.128 e. The molecule has 1 saturated heterocycles. The Hall–Kier alpha value is -1.09. The summed E-state index contributed by atoms with van der Waals surface area (Å²) in [7, 11) is 2.16. The van der Waals surface area contributed by atoms with Gasteiger partial charge in [0.2, 0.25) is 0 Å². The van der Waals surface area contributed by atoms with Crippen molar-refractivity contribution in [2.75, 3.05) is 38.1 Å². The monoisotopic (exact) mass is 177 g/mol. The number of hydrogen-bond donors (Lipinski definition) is 0. The maximum absolute atomic E-state index is 4.33. The van der Waals surface area contributed by atoms with Crippen LogP contribution in [0, 0.1) is 0 Å². The Morgan fingerprint density at radius 1 is 1.15 bits per heavy atom. The molecule has 2 rings (SSSR count). The van der Waals surface area contributed by atoms with Crippen LogP contribution >= 0.6 is 0 Å². The fourth-order valence-corrected chi connectivity index (χ4v) is 1.58. The molecule has 1 aromatic heterocycles. The Morgan fingerprint density at radius 3 is 2.54 bits per heavy atom. The van der Waals surface area contributed by atoms with Crippen LogP contribution in [-0.4, -0.2) is 43.1 Å². The lowest BCUT2D eigenvalue weighted by Crippen LogP contribution is -2.44. The fraction of sp³-hybridized carbons (Fsp3) is 0.500. The first kappa shape index (κ1) is 8.51. The molecule has 0 unspecified atom stereocenters. The van der Waals surface area contributed by atoms with Crippen LogP contribution in [0.25, 0.3) is 0 Å². The van der Waals surface area contributed by atoms with E-state index in [9.17, 15) is 0 Å². The molecule has 0 saturated carbocycles. The number of nitrogens with zero attached hydrogens (tertiary/aromatic N) is 3. The summed E-state index contributed by atoms with van der Waals surface area (Å²) in [4.78, 5) is 9.01. The highest BCUT2D eigenvalue weighted by molar-refractivity contribution is 5.38. The van der Waals surface area contributed by atoms with Crippen LogP contribution in [0.4, 0.5) is 5.82 Å². The van der Waals surface area contributed by atoms with Gasteiger partial charge in [0.1, 0.15) is 5.82 Å². The molecular weight excluding hydrogens is 162 g/mol. The predicted molar refractivity (Wildman–Crippen MR) is 53.9 cm³/mol. The quantitative estimate of drug-likeness (QED) is 0.633. The summed E-state index contributed by atoms with van der Waals surface area (Å²) < 4.78 is 0. The number of anilines is 1. The molecule has 0 atom stereocenters. The number of rotatable bonds is 1. The van der Waals surface area contributed by atoms with Gasteiger partial charge in [0, 0.05) is 32.4 Å². The van der Waals surface area contributed by atoms with E-state index in [1.54, 1.807) is 0 Å². The Labute approximate surface area is 79.0 Å². The SMILES string of the molecule is CN1CCN(c2ccccn2)CC1. The van der Waals surface area contributed by atoms with Crippen molar-refractivity contribution < 1.29 is 0 Å². The average molecular weight is 177 g/mol. The number of pyridine rings is 1. The molecule has 0 radical (unpaired) electrons. The molecule has 0 amide bonds. The van der Waals surface area contributed by atoms with Crippen LogP contribution in [0.3, 0.4) is 0 Å². The minimum Gasteiger partial charge on any atom is -0.354 e. The van der Waals surface area contributed by atoms with Gasteiger partial charge in [-0.2, -0.15) is 0 Å². The summed E-state index contributed by atoms with van der Waals surface area (Å²) >= 11 is 0. The van der Waals surface area contributed by atoms with E-state index in [0.717, 1.165) is 32.0 Å². The fourth-order valence-electron chi connectivity index (χ4n) is 1.58. The Bertz CT molecular complexity index is 252. The van der Waals surface area contributed by atoms with E-state index in [4.69, 9.17) is 0 Å². The van der Waals surface area contributed by atoms with Gasteiger partial charge in [-0.3, -0.25) is 0 Å². The molecule has 70 valence electrons. The first-order valence-electron chi connectivity index (χ1n) is 4.71. The standard InChI is InChI=1S/C10H15N3/c1-12-6-8-13(9-7-12)10-4-2-3-5-11-10/h2-5H,6-9H2,1H3. The van der Waals surface area contributed by atoms with Crippen LogP contribution in [-0.2, 0) is 0 Å². The number of likely N-dealkylation sites (N-methyl/N-ethyl adjacent to an activating group) is 1. The highest BCUT2D eigenvalue weighted by Gasteiger charge is 2.14. The summed E-state index contributed by atoms with van der Waals surface area (Å²) in [5.41, 5.74) is 0. The topological polar surface area (TPSA) is 19.4 Å². The van der Waals surface area contributed by atoms with Crippen molar-refractivity contribution in [1.29, 1.82) is 0 Å². The van der Waals surface area contributed by atoms with Gasteiger partial charge >= 0.3 is 0 Å². The lowest BCUT2D eigenvalue weighted by molar-refractivity contribution is 0.312. The van der Waals surface area contributed by atoms with Gasteiger partial charge in [0.05, 0.1) is 0 Å². The molecule has 1 fully saturated rings. The van der Waals surface area contributed by atoms with E-state index in [1.807, 2.05) is 18.3 Å². The van der Waals surface area contributed by atoms with Gasteiger partial charge in [-0.25, -0.2) is 4.98 Å². The molecule has 0 spiro atoms. The first-order chi connectivity index (χ1) is 6.36. The van der Waals surface area contributed by atoms with Crippen LogP contribution in [0.2, 0.25) is 0 Å². The molecule has 1 aliphatic rings. The van der Waals surface area contributed by atoms with Gasteiger partial charge in [0.15, 0.2) is 0 Å². The number of hydrogen-bond acceptors (Lipinski definition) is 3. The van der Waals surface area contributed by atoms with E-state index in [2.05, 4.69) is 27.9 Å². The Kier molecular flexibility index (Phi) is 2.45. The van der Waals surface area contributed by atoms with Crippen molar-refractivity contribution in [2.24, 2.45) is 0 Å². The molecule has 3 nitrogen and oxygen atoms in total. The maximum Gasteiger partial charge on any atom is 0.128 e. The average Bonchev–Trinajstić information content (AvgIpc) is 2.20. The van der Waals surface area contributed by atoms with Crippen LogP contribution in [0.1, 0.15) is 0 Å². The lowest BCUT2D eigenvalue weighted by Gasteiger charge is -2.33. The lowest BCUT2D eigenvalue weighted by atomic mass is 10.3.